The Balaban J connectivity index is 1.54. The molecule has 5 nitrogen and oxygen atoms in total. The predicted octanol–water partition coefficient (Wildman–Crippen LogP) is 2.79. The Morgan fingerprint density at radius 2 is 2.35 bits per heavy atom. The van der Waals surface area contributed by atoms with Gasteiger partial charge >= 0.3 is 0 Å². The Kier molecular flexibility index (Phi) is 4.03. The average molecular weight is 338 g/mol. The van der Waals surface area contributed by atoms with Crippen LogP contribution in [0.5, 0.6) is 5.75 Å². The number of rotatable bonds is 4. The van der Waals surface area contributed by atoms with Gasteiger partial charge in [0.05, 0.1) is 18.9 Å². The first-order valence-electron chi connectivity index (χ1n) is 6.60. The Labute approximate surface area is 126 Å². The molecule has 0 saturated carbocycles. The number of nitrogens with zero attached hydrogens (tertiary/aromatic N) is 3. The fourth-order valence-electron chi connectivity index (χ4n) is 2.39. The summed E-state index contributed by atoms with van der Waals surface area (Å²) in [5.74, 6) is 2.43. The van der Waals surface area contributed by atoms with Crippen molar-refractivity contribution in [3.05, 3.63) is 40.8 Å². The van der Waals surface area contributed by atoms with Gasteiger partial charge in [-0.05, 0) is 28.4 Å². The second kappa shape index (κ2) is 5.93. The molecule has 20 heavy (non-hydrogen) atoms. The van der Waals surface area contributed by atoms with Crippen molar-refractivity contribution in [2.24, 2.45) is 0 Å². The Bertz CT molecular complexity index is 587. The standard InChI is InChI=1S/C14H16BrN3O2/c1-10-17-7-14(19-10)9-18-3-2-12(8-18)20-13-4-11(15)5-16-6-13/h4-7,12H,2-3,8-9H2,1H3. The van der Waals surface area contributed by atoms with Gasteiger partial charge in [0, 0.05) is 30.7 Å². The second-order valence-electron chi connectivity index (χ2n) is 4.95. The quantitative estimate of drug-likeness (QED) is 0.858. The lowest BCUT2D eigenvalue weighted by Crippen LogP contribution is -2.24. The molecule has 0 N–H and O–H groups in total. The van der Waals surface area contributed by atoms with Crippen LogP contribution < -0.4 is 4.74 Å². The van der Waals surface area contributed by atoms with E-state index in [4.69, 9.17) is 9.15 Å². The molecular weight excluding hydrogens is 322 g/mol. The predicted molar refractivity (Wildman–Crippen MR) is 77.5 cm³/mol. The summed E-state index contributed by atoms with van der Waals surface area (Å²) in [5.41, 5.74) is 0. The van der Waals surface area contributed by atoms with Gasteiger partial charge in [-0.25, -0.2) is 4.98 Å². The number of aryl methyl sites for hydroxylation is 1. The van der Waals surface area contributed by atoms with Crippen molar-refractivity contribution in [2.75, 3.05) is 13.1 Å². The van der Waals surface area contributed by atoms with E-state index in [9.17, 15) is 0 Å². The highest BCUT2D eigenvalue weighted by atomic mass is 79.9. The van der Waals surface area contributed by atoms with Gasteiger partial charge in [0.1, 0.15) is 17.6 Å². The third-order valence-electron chi connectivity index (χ3n) is 3.26. The van der Waals surface area contributed by atoms with Crippen LogP contribution in [0.4, 0.5) is 0 Å². The molecule has 1 atom stereocenters. The molecule has 0 radical (unpaired) electrons. The molecule has 106 valence electrons. The summed E-state index contributed by atoms with van der Waals surface area (Å²) in [6.07, 6.45) is 6.50. The van der Waals surface area contributed by atoms with E-state index >= 15 is 0 Å². The van der Waals surface area contributed by atoms with Crippen molar-refractivity contribution in [3.63, 3.8) is 0 Å². The van der Waals surface area contributed by atoms with E-state index in [1.165, 1.54) is 0 Å². The van der Waals surface area contributed by atoms with Crippen LogP contribution in [0.1, 0.15) is 18.1 Å². The number of hydrogen-bond acceptors (Lipinski definition) is 5. The van der Waals surface area contributed by atoms with E-state index in [1.807, 2.05) is 13.0 Å². The average Bonchev–Trinajstić information content (AvgIpc) is 3.00. The molecule has 1 unspecified atom stereocenters. The summed E-state index contributed by atoms with van der Waals surface area (Å²) in [7, 11) is 0. The lowest BCUT2D eigenvalue weighted by atomic mass is 10.3. The zero-order chi connectivity index (χ0) is 13.9. The van der Waals surface area contributed by atoms with Crippen molar-refractivity contribution >= 4 is 15.9 Å². The second-order valence-corrected chi connectivity index (χ2v) is 5.86. The van der Waals surface area contributed by atoms with Gasteiger partial charge in [-0.3, -0.25) is 9.88 Å². The molecule has 1 aliphatic heterocycles. The molecule has 3 heterocycles. The summed E-state index contributed by atoms with van der Waals surface area (Å²) in [6.45, 7) is 4.55. The van der Waals surface area contributed by atoms with Gasteiger partial charge in [-0.15, -0.1) is 0 Å². The lowest BCUT2D eigenvalue weighted by molar-refractivity contribution is 0.193. The molecule has 0 aromatic carbocycles. The van der Waals surface area contributed by atoms with E-state index in [0.29, 0.717) is 5.89 Å². The maximum absolute atomic E-state index is 5.95. The van der Waals surface area contributed by atoms with Crippen molar-refractivity contribution in [3.8, 4) is 5.75 Å². The van der Waals surface area contributed by atoms with Crippen molar-refractivity contribution in [2.45, 2.75) is 26.0 Å². The smallest absolute Gasteiger partial charge is 0.191 e. The van der Waals surface area contributed by atoms with Gasteiger partial charge < -0.3 is 9.15 Å². The molecule has 0 bridgehead atoms. The first kappa shape index (κ1) is 13.6. The number of aromatic nitrogens is 2. The van der Waals surface area contributed by atoms with Crippen molar-refractivity contribution < 1.29 is 9.15 Å². The van der Waals surface area contributed by atoms with E-state index in [1.54, 1.807) is 18.6 Å². The van der Waals surface area contributed by atoms with Gasteiger partial charge in [-0.1, -0.05) is 0 Å². The lowest BCUT2D eigenvalue weighted by Gasteiger charge is -2.15. The molecule has 0 aliphatic carbocycles. The van der Waals surface area contributed by atoms with Gasteiger partial charge in [0.25, 0.3) is 0 Å². The molecule has 3 rings (SSSR count). The van der Waals surface area contributed by atoms with E-state index in [-0.39, 0.29) is 6.10 Å². The van der Waals surface area contributed by atoms with Crippen LogP contribution >= 0.6 is 15.9 Å². The number of likely N-dealkylation sites (tertiary alicyclic amines) is 1. The van der Waals surface area contributed by atoms with Crippen LogP contribution in [0, 0.1) is 6.92 Å². The molecule has 6 heteroatoms. The van der Waals surface area contributed by atoms with Crippen molar-refractivity contribution in [1.29, 1.82) is 0 Å². The van der Waals surface area contributed by atoms with Gasteiger partial charge in [0.2, 0.25) is 0 Å². The van der Waals surface area contributed by atoms with Gasteiger partial charge in [-0.2, -0.15) is 0 Å². The highest BCUT2D eigenvalue weighted by molar-refractivity contribution is 9.10. The Morgan fingerprint density at radius 3 is 3.10 bits per heavy atom. The first-order chi connectivity index (χ1) is 9.69. The first-order valence-corrected chi connectivity index (χ1v) is 7.39. The van der Waals surface area contributed by atoms with Crippen LogP contribution in [0.3, 0.4) is 0 Å². The summed E-state index contributed by atoms with van der Waals surface area (Å²) in [6, 6.07) is 1.94. The summed E-state index contributed by atoms with van der Waals surface area (Å²) in [5, 5.41) is 0. The van der Waals surface area contributed by atoms with E-state index in [2.05, 4.69) is 30.8 Å². The zero-order valence-electron chi connectivity index (χ0n) is 11.3. The third-order valence-corrected chi connectivity index (χ3v) is 3.69. The Morgan fingerprint density at radius 1 is 1.45 bits per heavy atom. The zero-order valence-corrected chi connectivity index (χ0v) is 12.8. The fourth-order valence-corrected chi connectivity index (χ4v) is 2.73. The van der Waals surface area contributed by atoms with Crippen molar-refractivity contribution in [1.82, 2.24) is 14.9 Å². The molecule has 1 aliphatic rings. The number of ether oxygens (including phenoxy) is 1. The van der Waals surface area contributed by atoms with Crippen LogP contribution in [0.25, 0.3) is 0 Å². The Hall–Kier alpha value is -1.40. The minimum Gasteiger partial charge on any atom is -0.487 e. The molecule has 0 amide bonds. The third kappa shape index (κ3) is 3.37. The minimum atomic E-state index is 0.204. The molecule has 0 spiro atoms. The number of hydrogen-bond donors (Lipinski definition) is 0. The summed E-state index contributed by atoms with van der Waals surface area (Å²) < 4.78 is 12.4. The summed E-state index contributed by atoms with van der Waals surface area (Å²) >= 11 is 3.40. The molecule has 2 aromatic heterocycles. The SMILES string of the molecule is Cc1ncc(CN2CCC(Oc3cncc(Br)c3)C2)o1. The highest BCUT2D eigenvalue weighted by Crippen LogP contribution is 2.21. The molecule has 1 saturated heterocycles. The molecule has 2 aromatic rings. The van der Waals surface area contributed by atoms with Crippen LogP contribution in [0.2, 0.25) is 0 Å². The fraction of sp³-hybridized carbons (Fsp3) is 0.429. The highest BCUT2D eigenvalue weighted by Gasteiger charge is 2.24. The minimum absolute atomic E-state index is 0.204. The van der Waals surface area contributed by atoms with Gasteiger partial charge in [0.15, 0.2) is 5.89 Å². The molecule has 1 fully saturated rings. The number of oxazole rings is 1. The van der Waals surface area contributed by atoms with E-state index < -0.39 is 0 Å². The maximum atomic E-state index is 5.95. The topological polar surface area (TPSA) is 51.4 Å². The monoisotopic (exact) mass is 337 g/mol. The molecular formula is C14H16BrN3O2. The van der Waals surface area contributed by atoms with Crippen LogP contribution in [-0.4, -0.2) is 34.1 Å². The normalized spacial score (nSPS) is 19.4. The maximum Gasteiger partial charge on any atom is 0.191 e. The van der Waals surface area contributed by atoms with E-state index in [0.717, 1.165) is 42.0 Å². The van der Waals surface area contributed by atoms with Crippen LogP contribution in [0.15, 0.2) is 33.5 Å². The van der Waals surface area contributed by atoms with Crippen LogP contribution in [-0.2, 0) is 6.54 Å². The largest absolute Gasteiger partial charge is 0.487 e. The summed E-state index contributed by atoms with van der Waals surface area (Å²) in [4.78, 5) is 10.5. The number of halogens is 1. The number of pyridine rings is 1.